The number of hydrogen-bond acceptors (Lipinski definition) is 4. The van der Waals surface area contributed by atoms with Crippen LogP contribution in [0.5, 0.6) is 0 Å². The van der Waals surface area contributed by atoms with Crippen molar-refractivity contribution in [2.24, 2.45) is 5.41 Å². The van der Waals surface area contributed by atoms with Gasteiger partial charge in [-0.15, -0.1) is 0 Å². The zero-order chi connectivity index (χ0) is 15.5. The molecular formula is C14H16N2O4S. The molecular weight excluding hydrogens is 292 g/mol. The van der Waals surface area contributed by atoms with Gasteiger partial charge in [0.1, 0.15) is 6.04 Å². The maximum Gasteiger partial charge on any atom is 0.326 e. The van der Waals surface area contributed by atoms with E-state index in [0.717, 1.165) is 0 Å². The highest BCUT2D eigenvalue weighted by Crippen LogP contribution is 2.49. The van der Waals surface area contributed by atoms with E-state index in [1.165, 1.54) is 0 Å². The summed E-state index contributed by atoms with van der Waals surface area (Å²) < 4.78 is 26.6. The molecule has 2 N–H and O–H groups in total. The van der Waals surface area contributed by atoms with Crippen LogP contribution in [0.4, 0.5) is 0 Å². The van der Waals surface area contributed by atoms with Crippen LogP contribution in [0.1, 0.15) is 30.9 Å². The smallest absolute Gasteiger partial charge is 0.326 e. The minimum absolute atomic E-state index is 0.178. The fourth-order valence-corrected chi connectivity index (χ4v) is 4.12. The predicted molar refractivity (Wildman–Crippen MR) is 75.6 cm³/mol. The van der Waals surface area contributed by atoms with Gasteiger partial charge in [0.05, 0.1) is 11.8 Å². The van der Waals surface area contributed by atoms with Crippen molar-refractivity contribution in [2.45, 2.75) is 25.3 Å². The Morgan fingerprint density at radius 3 is 2.48 bits per heavy atom. The van der Waals surface area contributed by atoms with Crippen molar-refractivity contribution in [3.63, 3.8) is 0 Å². The van der Waals surface area contributed by atoms with Gasteiger partial charge >= 0.3 is 5.97 Å². The molecule has 6 nitrogen and oxygen atoms in total. The van der Waals surface area contributed by atoms with Crippen molar-refractivity contribution in [3.8, 4) is 6.07 Å². The molecule has 1 atom stereocenters. The first kappa shape index (κ1) is 15.5. The van der Waals surface area contributed by atoms with Crippen molar-refractivity contribution in [1.29, 1.82) is 5.26 Å². The molecule has 0 radical (unpaired) electrons. The highest BCUT2D eigenvalue weighted by molar-refractivity contribution is 7.89. The number of nitrogens with zero attached hydrogens (tertiary/aromatic N) is 1. The third-order valence-corrected chi connectivity index (χ3v) is 5.17. The molecule has 1 fully saturated rings. The normalized spacial score (nSPS) is 17.7. The van der Waals surface area contributed by atoms with Gasteiger partial charge in [-0.25, -0.2) is 8.42 Å². The summed E-state index contributed by atoms with van der Waals surface area (Å²) in [5, 5.41) is 18.0. The van der Waals surface area contributed by atoms with Gasteiger partial charge in [0.25, 0.3) is 0 Å². The quantitative estimate of drug-likeness (QED) is 0.792. The lowest BCUT2D eigenvalue weighted by molar-refractivity contribution is -0.139. The maximum absolute atomic E-state index is 12.2. The number of benzene rings is 1. The molecule has 1 aromatic rings. The van der Waals surface area contributed by atoms with Crippen LogP contribution in [0.25, 0.3) is 0 Å². The summed E-state index contributed by atoms with van der Waals surface area (Å²) in [6.07, 6.45) is 1.55. The Kier molecular flexibility index (Phi) is 4.30. The number of carboxylic acid groups (broad SMARTS) is 1. The number of sulfonamides is 1. The molecule has 1 saturated carbocycles. The van der Waals surface area contributed by atoms with E-state index < -0.39 is 27.4 Å². The topological polar surface area (TPSA) is 107 Å². The molecule has 0 aliphatic heterocycles. The highest BCUT2D eigenvalue weighted by atomic mass is 32.2. The van der Waals surface area contributed by atoms with Crippen LogP contribution in [0.3, 0.4) is 0 Å². The summed E-state index contributed by atoms with van der Waals surface area (Å²) in [7, 11) is -3.77. The summed E-state index contributed by atoms with van der Waals surface area (Å²) in [5.41, 5.74) is -0.126. The minimum atomic E-state index is -3.77. The van der Waals surface area contributed by atoms with Crippen LogP contribution in [-0.4, -0.2) is 25.2 Å². The van der Waals surface area contributed by atoms with E-state index in [-0.39, 0.29) is 12.2 Å². The Morgan fingerprint density at radius 1 is 1.38 bits per heavy atom. The van der Waals surface area contributed by atoms with Gasteiger partial charge < -0.3 is 5.11 Å². The van der Waals surface area contributed by atoms with E-state index in [1.807, 2.05) is 6.07 Å². The van der Waals surface area contributed by atoms with Crippen LogP contribution in [-0.2, 0) is 14.8 Å². The second-order valence-electron chi connectivity index (χ2n) is 5.39. The molecule has 0 saturated heterocycles. The van der Waals surface area contributed by atoms with E-state index in [4.69, 9.17) is 5.26 Å². The van der Waals surface area contributed by atoms with Crippen molar-refractivity contribution in [2.75, 3.05) is 5.75 Å². The van der Waals surface area contributed by atoms with Gasteiger partial charge in [-0.3, -0.25) is 4.79 Å². The maximum atomic E-state index is 12.2. The zero-order valence-electron chi connectivity index (χ0n) is 11.3. The molecule has 112 valence electrons. The Labute approximate surface area is 123 Å². The summed E-state index contributed by atoms with van der Waals surface area (Å²) in [6, 6.07) is 8.83. The number of nitrogens with one attached hydrogen (secondary N) is 1. The molecule has 0 amide bonds. The molecule has 1 aliphatic rings. The predicted octanol–water partition coefficient (Wildman–Crippen LogP) is 1.43. The van der Waals surface area contributed by atoms with Crippen LogP contribution in [0.2, 0.25) is 0 Å². The molecule has 1 aliphatic carbocycles. The monoisotopic (exact) mass is 308 g/mol. The number of aliphatic carboxylic acids is 1. The summed E-state index contributed by atoms with van der Waals surface area (Å²) >= 11 is 0. The van der Waals surface area contributed by atoms with Crippen LogP contribution in [0.15, 0.2) is 30.3 Å². The standard InChI is InChI=1S/C14H16N2O4S/c15-9-8-14(6-7-14)10-21(19,20)16-12(13(17)18)11-4-2-1-3-5-11/h1-5,12,16H,6-8,10H2,(H,17,18)/t12-/m1/s1. The number of hydrogen-bond donors (Lipinski definition) is 2. The first-order valence-electron chi connectivity index (χ1n) is 6.52. The lowest BCUT2D eigenvalue weighted by Crippen LogP contribution is -2.37. The fourth-order valence-electron chi connectivity index (χ4n) is 2.25. The molecule has 1 aromatic carbocycles. The lowest BCUT2D eigenvalue weighted by atomic mass is 10.1. The van der Waals surface area contributed by atoms with Gasteiger partial charge in [0, 0.05) is 6.42 Å². The van der Waals surface area contributed by atoms with Gasteiger partial charge in [0.15, 0.2) is 0 Å². The van der Waals surface area contributed by atoms with E-state index in [9.17, 15) is 18.3 Å². The van der Waals surface area contributed by atoms with Gasteiger partial charge in [-0.2, -0.15) is 9.98 Å². The summed E-state index contributed by atoms with van der Waals surface area (Å²) in [5.74, 6) is -1.46. The van der Waals surface area contributed by atoms with Crippen LogP contribution in [0, 0.1) is 16.7 Å². The SMILES string of the molecule is N#CCC1(CS(=O)(=O)N[C@@H](C(=O)O)c2ccccc2)CC1. The lowest BCUT2D eigenvalue weighted by Gasteiger charge is -2.17. The first-order valence-corrected chi connectivity index (χ1v) is 8.17. The molecule has 2 rings (SSSR count). The Balaban J connectivity index is 2.14. The molecule has 0 unspecified atom stereocenters. The van der Waals surface area contributed by atoms with Crippen LogP contribution >= 0.6 is 0 Å². The largest absolute Gasteiger partial charge is 0.480 e. The van der Waals surface area contributed by atoms with Gasteiger partial charge in [-0.1, -0.05) is 30.3 Å². The number of carbonyl (C=O) groups is 1. The summed E-state index contributed by atoms with van der Waals surface area (Å²) in [4.78, 5) is 11.3. The number of nitriles is 1. The molecule has 7 heteroatoms. The van der Waals surface area contributed by atoms with Crippen molar-refractivity contribution >= 4 is 16.0 Å². The average molecular weight is 308 g/mol. The summed E-state index contributed by atoms with van der Waals surface area (Å²) in [6.45, 7) is 0. The molecule has 0 aromatic heterocycles. The third-order valence-electron chi connectivity index (χ3n) is 3.58. The van der Waals surface area contributed by atoms with E-state index >= 15 is 0 Å². The fraction of sp³-hybridized carbons (Fsp3) is 0.429. The number of carboxylic acids is 1. The van der Waals surface area contributed by atoms with E-state index in [2.05, 4.69) is 4.72 Å². The Hall–Kier alpha value is -1.91. The van der Waals surface area contributed by atoms with Gasteiger partial charge in [0.2, 0.25) is 10.0 Å². The second kappa shape index (κ2) is 5.84. The average Bonchev–Trinajstić information content (AvgIpc) is 3.16. The van der Waals surface area contributed by atoms with E-state index in [0.29, 0.717) is 18.4 Å². The molecule has 21 heavy (non-hydrogen) atoms. The van der Waals surface area contributed by atoms with Crippen molar-refractivity contribution in [1.82, 2.24) is 4.72 Å². The Morgan fingerprint density at radius 2 is 2.00 bits per heavy atom. The van der Waals surface area contributed by atoms with E-state index in [1.54, 1.807) is 30.3 Å². The van der Waals surface area contributed by atoms with Crippen LogP contribution < -0.4 is 4.72 Å². The zero-order valence-corrected chi connectivity index (χ0v) is 12.1. The first-order chi connectivity index (χ1) is 9.87. The third kappa shape index (κ3) is 4.03. The highest BCUT2D eigenvalue weighted by Gasteiger charge is 2.46. The minimum Gasteiger partial charge on any atom is -0.480 e. The molecule has 0 heterocycles. The second-order valence-corrected chi connectivity index (χ2v) is 7.15. The van der Waals surface area contributed by atoms with Crippen molar-refractivity contribution < 1.29 is 18.3 Å². The molecule has 0 bridgehead atoms. The molecule has 0 spiro atoms. The number of rotatable bonds is 7. The van der Waals surface area contributed by atoms with Crippen molar-refractivity contribution in [3.05, 3.63) is 35.9 Å². The Bertz CT molecular complexity index is 660. The van der Waals surface area contributed by atoms with Gasteiger partial charge in [-0.05, 0) is 23.8 Å².